The number of carbonyl (C=O) groups is 1. The van der Waals surface area contributed by atoms with E-state index in [9.17, 15) is 18.0 Å². The normalized spacial score (nSPS) is 11.4. The first-order valence-electron chi connectivity index (χ1n) is 5.26. The van der Waals surface area contributed by atoms with Crippen molar-refractivity contribution in [3.8, 4) is 0 Å². The van der Waals surface area contributed by atoms with Crippen molar-refractivity contribution in [1.29, 1.82) is 0 Å². The topological polar surface area (TPSA) is 68.0 Å². The minimum atomic E-state index is -4.65. The Hall–Kier alpha value is -2.09. The van der Waals surface area contributed by atoms with Crippen LogP contribution >= 0.6 is 11.6 Å². The Morgan fingerprint density at radius 2 is 2.05 bits per heavy atom. The fraction of sp³-hybridized carbons (Fsp3) is 0.182. The highest BCUT2D eigenvalue weighted by Gasteiger charge is 2.34. The predicted octanol–water partition coefficient (Wildman–Crippen LogP) is 3.30. The van der Waals surface area contributed by atoms with Crippen LogP contribution in [0.1, 0.15) is 21.7 Å². The highest BCUT2D eigenvalue weighted by atomic mass is 35.5. The minimum absolute atomic E-state index is 0.0883. The Kier molecular flexibility index (Phi) is 3.67. The molecule has 0 spiro atoms. The van der Waals surface area contributed by atoms with Crippen molar-refractivity contribution in [2.24, 2.45) is 0 Å². The van der Waals surface area contributed by atoms with Crippen molar-refractivity contribution in [1.82, 2.24) is 10.3 Å². The standard InChI is InChI=1S/C11H7ClF3N3O2/c1-5-9(18-20-17-5)10(19)16-8-3-2-6(12)4-7(8)11(13,14)15/h2-4H,1H3,(H,16,19). The van der Waals surface area contributed by atoms with E-state index in [-0.39, 0.29) is 16.4 Å². The summed E-state index contributed by atoms with van der Waals surface area (Å²) in [4.78, 5) is 11.8. The first-order chi connectivity index (χ1) is 9.29. The van der Waals surface area contributed by atoms with E-state index in [1.54, 1.807) is 0 Å². The van der Waals surface area contributed by atoms with E-state index in [1.165, 1.54) is 13.0 Å². The SMILES string of the molecule is Cc1nonc1C(=O)Nc1ccc(Cl)cc1C(F)(F)F. The van der Waals surface area contributed by atoms with E-state index in [4.69, 9.17) is 11.6 Å². The third-order valence-electron chi connectivity index (χ3n) is 2.40. The summed E-state index contributed by atoms with van der Waals surface area (Å²) >= 11 is 5.53. The maximum atomic E-state index is 12.8. The number of hydrogen-bond acceptors (Lipinski definition) is 4. The van der Waals surface area contributed by atoms with Crippen LogP contribution in [0.2, 0.25) is 5.02 Å². The van der Waals surface area contributed by atoms with Gasteiger partial charge in [0, 0.05) is 5.02 Å². The number of hydrogen-bond donors (Lipinski definition) is 1. The van der Waals surface area contributed by atoms with E-state index in [0.717, 1.165) is 12.1 Å². The van der Waals surface area contributed by atoms with Crippen LogP contribution in [0, 0.1) is 6.92 Å². The van der Waals surface area contributed by atoms with Gasteiger partial charge in [-0.15, -0.1) is 0 Å². The van der Waals surface area contributed by atoms with Gasteiger partial charge in [-0.2, -0.15) is 13.2 Å². The average Bonchev–Trinajstić information content (AvgIpc) is 2.76. The minimum Gasteiger partial charge on any atom is -0.320 e. The van der Waals surface area contributed by atoms with Gasteiger partial charge in [-0.1, -0.05) is 16.8 Å². The molecule has 1 amide bonds. The molecule has 1 N–H and O–H groups in total. The molecular formula is C11H7ClF3N3O2. The number of alkyl halides is 3. The highest BCUT2D eigenvalue weighted by Crippen LogP contribution is 2.36. The molecule has 1 heterocycles. The molecule has 1 aromatic carbocycles. The smallest absolute Gasteiger partial charge is 0.320 e. The maximum Gasteiger partial charge on any atom is 0.418 e. The molecule has 106 valence electrons. The molecule has 1 aromatic heterocycles. The summed E-state index contributed by atoms with van der Waals surface area (Å²) in [6.45, 7) is 1.44. The first kappa shape index (κ1) is 14.3. The molecule has 0 unspecified atom stereocenters. The third-order valence-corrected chi connectivity index (χ3v) is 2.64. The zero-order valence-electron chi connectivity index (χ0n) is 9.95. The number of aryl methyl sites for hydroxylation is 1. The first-order valence-corrected chi connectivity index (χ1v) is 5.64. The monoisotopic (exact) mass is 305 g/mol. The molecule has 0 atom stereocenters. The van der Waals surface area contributed by atoms with Gasteiger partial charge >= 0.3 is 6.18 Å². The summed E-state index contributed by atoms with van der Waals surface area (Å²) < 4.78 is 42.8. The van der Waals surface area contributed by atoms with Crippen molar-refractivity contribution in [2.75, 3.05) is 5.32 Å². The summed E-state index contributed by atoms with van der Waals surface area (Å²) in [6, 6.07) is 3.03. The molecule has 0 aliphatic rings. The molecule has 2 aromatic rings. The van der Waals surface area contributed by atoms with Crippen LogP contribution in [0.4, 0.5) is 18.9 Å². The van der Waals surface area contributed by atoms with Crippen LogP contribution in [0.15, 0.2) is 22.8 Å². The molecule has 0 saturated carbocycles. The zero-order chi connectivity index (χ0) is 14.9. The van der Waals surface area contributed by atoms with E-state index in [0.29, 0.717) is 0 Å². The number of aromatic nitrogens is 2. The maximum absolute atomic E-state index is 12.8. The largest absolute Gasteiger partial charge is 0.418 e. The highest BCUT2D eigenvalue weighted by molar-refractivity contribution is 6.30. The molecule has 9 heteroatoms. The summed E-state index contributed by atoms with van der Waals surface area (Å²) in [5.41, 5.74) is -1.49. The quantitative estimate of drug-likeness (QED) is 0.924. The number of benzene rings is 1. The van der Waals surface area contributed by atoms with Crippen LogP contribution in [0.25, 0.3) is 0 Å². The number of anilines is 1. The van der Waals surface area contributed by atoms with Crippen molar-refractivity contribution in [2.45, 2.75) is 13.1 Å². The van der Waals surface area contributed by atoms with E-state index in [2.05, 4.69) is 20.3 Å². The van der Waals surface area contributed by atoms with Crippen LogP contribution in [-0.4, -0.2) is 16.2 Å². The van der Waals surface area contributed by atoms with Gasteiger partial charge in [0.05, 0.1) is 11.3 Å². The summed E-state index contributed by atoms with van der Waals surface area (Å²) in [5.74, 6) is -0.850. The van der Waals surface area contributed by atoms with Crippen molar-refractivity contribution < 1.29 is 22.6 Å². The second kappa shape index (κ2) is 5.12. The number of nitrogens with one attached hydrogen (secondary N) is 1. The number of carbonyl (C=O) groups excluding carboxylic acids is 1. The lowest BCUT2D eigenvalue weighted by Gasteiger charge is -2.13. The molecule has 0 bridgehead atoms. The number of halogens is 4. The summed E-state index contributed by atoms with van der Waals surface area (Å²) in [5, 5.41) is 8.71. The lowest BCUT2D eigenvalue weighted by Crippen LogP contribution is -2.17. The van der Waals surface area contributed by atoms with Crippen LogP contribution in [0.3, 0.4) is 0 Å². The van der Waals surface area contributed by atoms with Gasteiger partial charge in [-0.05, 0) is 30.3 Å². The third kappa shape index (κ3) is 2.90. The van der Waals surface area contributed by atoms with Gasteiger partial charge in [0.1, 0.15) is 5.69 Å². The lowest BCUT2D eigenvalue weighted by molar-refractivity contribution is -0.136. The Labute approximate surface area is 115 Å². The van der Waals surface area contributed by atoms with Gasteiger partial charge in [0.25, 0.3) is 5.91 Å². The number of rotatable bonds is 2. The molecule has 2 rings (SSSR count). The van der Waals surface area contributed by atoms with Gasteiger partial charge in [-0.25, -0.2) is 4.63 Å². The van der Waals surface area contributed by atoms with Crippen LogP contribution in [0.5, 0.6) is 0 Å². The molecule has 0 aliphatic heterocycles. The predicted molar refractivity (Wildman–Crippen MR) is 63.4 cm³/mol. The van der Waals surface area contributed by atoms with E-state index < -0.39 is 23.3 Å². The van der Waals surface area contributed by atoms with Crippen molar-refractivity contribution in [3.63, 3.8) is 0 Å². The Balaban J connectivity index is 2.35. The Morgan fingerprint density at radius 1 is 1.35 bits per heavy atom. The second-order valence-corrected chi connectivity index (χ2v) is 4.28. The number of nitrogens with zero attached hydrogens (tertiary/aromatic N) is 2. The fourth-order valence-corrected chi connectivity index (χ4v) is 1.65. The fourth-order valence-electron chi connectivity index (χ4n) is 1.48. The lowest BCUT2D eigenvalue weighted by atomic mass is 10.1. The summed E-state index contributed by atoms with van der Waals surface area (Å²) in [7, 11) is 0. The summed E-state index contributed by atoms with van der Waals surface area (Å²) in [6.07, 6.45) is -4.65. The van der Waals surface area contributed by atoms with Gasteiger partial charge in [0.2, 0.25) is 0 Å². The molecule has 0 aliphatic carbocycles. The van der Waals surface area contributed by atoms with Crippen molar-refractivity contribution >= 4 is 23.2 Å². The average molecular weight is 306 g/mol. The molecule has 5 nitrogen and oxygen atoms in total. The van der Waals surface area contributed by atoms with Gasteiger partial charge < -0.3 is 5.32 Å². The molecular weight excluding hydrogens is 299 g/mol. The molecule has 0 fully saturated rings. The molecule has 0 radical (unpaired) electrons. The van der Waals surface area contributed by atoms with E-state index in [1.807, 2.05) is 0 Å². The van der Waals surface area contributed by atoms with Crippen molar-refractivity contribution in [3.05, 3.63) is 40.2 Å². The van der Waals surface area contributed by atoms with E-state index >= 15 is 0 Å². The van der Waals surface area contributed by atoms with Gasteiger partial charge in [0.15, 0.2) is 5.69 Å². The molecule has 0 saturated heterocycles. The van der Waals surface area contributed by atoms with Crippen LogP contribution in [-0.2, 0) is 6.18 Å². The Bertz CT molecular complexity index is 655. The van der Waals surface area contributed by atoms with Gasteiger partial charge in [-0.3, -0.25) is 4.79 Å². The second-order valence-electron chi connectivity index (χ2n) is 3.84. The van der Waals surface area contributed by atoms with Crippen LogP contribution < -0.4 is 5.32 Å². The molecule has 20 heavy (non-hydrogen) atoms. The number of amides is 1. The zero-order valence-corrected chi connectivity index (χ0v) is 10.7. The Morgan fingerprint density at radius 3 is 2.60 bits per heavy atom.